The molecule has 0 saturated heterocycles. The molecule has 102 valence electrons. The Morgan fingerprint density at radius 2 is 2.15 bits per heavy atom. The average Bonchev–Trinajstić information content (AvgIpc) is 2.90. The first kappa shape index (κ1) is 13.9. The summed E-state index contributed by atoms with van der Waals surface area (Å²) in [6.07, 6.45) is 0. The van der Waals surface area contributed by atoms with Gasteiger partial charge in [0.05, 0.1) is 20.9 Å². The van der Waals surface area contributed by atoms with Gasteiger partial charge in [-0.2, -0.15) is 0 Å². The van der Waals surface area contributed by atoms with Crippen LogP contribution in [-0.2, 0) is 6.54 Å². The van der Waals surface area contributed by atoms with E-state index in [1.165, 1.54) is 11.1 Å². The number of anilines is 1. The predicted molar refractivity (Wildman–Crippen MR) is 90.8 cm³/mol. The van der Waals surface area contributed by atoms with Crippen LogP contribution < -0.4 is 5.32 Å². The van der Waals surface area contributed by atoms with Crippen LogP contribution in [0.5, 0.6) is 0 Å². The summed E-state index contributed by atoms with van der Waals surface area (Å²) in [6.45, 7) is 2.80. The molecule has 3 aromatic rings. The van der Waals surface area contributed by atoms with Crippen molar-refractivity contribution in [1.82, 2.24) is 4.98 Å². The van der Waals surface area contributed by atoms with Gasteiger partial charge in [-0.3, -0.25) is 0 Å². The van der Waals surface area contributed by atoms with Gasteiger partial charge in [-0.05, 0) is 36.2 Å². The molecule has 5 heteroatoms. The Morgan fingerprint density at radius 3 is 2.95 bits per heavy atom. The van der Waals surface area contributed by atoms with E-state index in [4.69, 9.17) is 11.6 Å². The highest BCUT2D eigenvalue weighted by Gasteiger charge is 2.08. The van der Waals surface area contributed by atoms with Gasteiger partial charge in [-0.25, -0.2) is 4.98 Å². The van der Waals surface area contributed by atoms with Crippen LogP contribution in [0.2, 0.25) is 5.02 Å². The van der Waals surface area contributed by atoms with Gasteiger partial charge in [0, 0.05) is 11.0 Å². The zero-order chi connectivity index (χ0) is 14.1. The zero-order valence-corrected chi connectivity index (χ0v) is 13.9. The molecule has 1 aromatic heterocycles. The number of nitrogens with one attached hydrogen (secondary N) is 1. The Kier molecular flexibility index (Phi) is 3.96. The molecule has 3 rings (SSSR count). The lowest BCUT2D eigenvalue weighted by Crippen LogP contribution is -2.01. The topological polar surface area (TPSA) is 24.9 Å². The van der Waals surface area contributed by atoms with Crippen LogP contribution in [0, 0.1) is 6.92 Å². The van der Waals surface area contributed by atoms with E-state index in [-0.39, 0.29) is 0 Å². The first-order valence-electron chi connectivity index (χ1n) is 6.16. The van der Waals surface area contributed by atoms with Crippen molar-refractivity contribution < 1.29 is 0 Å². The van der Waals surface area contributed by atoms with Crippen molar-refractivity contribution >= 4 is 54.8 Å². The third-order valence-electron chi connectivity index (χ3n) is 3.16. The molecule has 0 fully saturated rings. The highest BCUT2D eigenvalue weighted by Crippen LogP contribution is 2.32. The molecule has 0 bridgehead atoms. The lowest BCUT2D eigenvalue weighted by Gasteiger charge is -2.10. The first-order valence-corrected chi connectivity index (χ1v) is 8.21. The van der Waals surface area contributed by atoms with E-state index in [0.717, 1.165) is 26.9 Å². The van der Waals surface area contributed by atoms with Crippen molar-refractivity contribution in [1.29, 1.82) is 0 Å². The Bertz CT molecular complexity index is 770. The summed E-state index contributed by atoms with van der Waals surface area (Å²) in [4.78, 5) is 4.39. The van der Waals surface area contributed by atoms with E-state index in [2.05, 4.69) is 51.4 Å². The smallest absolute Gasteiger partial charge is 0.106 e. The molecule has 0 aliphatic carbocycles. The molecule has 0 aliphatic rings. The normalized spacial score (nSPS) is 10.9. The molecule has 0 spiro atoms. The number of hydrogen-bond donors (Lipinski definition) is 1. The lowest BCUT2D eigenvalue weighted by molar-refractivity contribution is 1.14. The van der Waals surface area contributed by atoms with Crippen LogP contribution in [0.4, 0.5) is 5.69 Å². The van der Waals surface area contributed by atoms with E-state index in [1.807, 2.05) is 17.6 Å². The highest BCUT2D eigenvalue weighted by molar-refractivity contribution is 9.10. The summed E-state index contributed by atoms with van der Waals surface area (Å²) in [5, 5.41) is 4.10. The van der Waals surface area contributed by atoms with Crippen molar-refractivity contribution in [3.8, 4) is 0 Å². The summed E-state index contributed by atoms with van der Waals surface area (Å²) in [5.74, 6) is 0. The van der Waals surface area contributed by atoms with Crippen LogP contribution in [0.15, 0.2) is 40.3 Å². The standard InChI is InChI=1S/C15H12BrClN2S/c1-9-2-3-10(6-11(9)16)7-18-14-12(17)4-5-13-15(14)19-8-20-13/h2-6,8,18H,7H2,1H3. The molecule has 0 saturated carbocycles. The quantitative estimate of drug-likeness (QED) is 0.648. The molecule has 2 nitrogen and oxygen atoms in total. The Hall–Kier alpha value is -1.10. The molecule has 1 heterocycles. The van der Waals surface area contributed by atoms with E-state index in [0.29, 0.717) is 5.02 Å². The van der Waals surface area contributed by atoms with Crippen LogP contribution in [0.1, 0.15) is 11.1 Å². The third kappa shape index (κ3) is 2.68. The number of hydrogen-bond acceptors (Lipinski definition) is 3. The third-order valence-corrected chi connectivity index (χ3v) is 5.12. The lowest BCUT2D eigenvalue weighted by atomic mass is 10.1. The van der Waals surface area contributed by atoms with Gasteiger partial charge in [0.2, 0.25) is 0 Å². The minimum atomic E-state index is 0.703. The van der Waals surface area contributed by atoms with Gasteiger partial charge in [0.1, 0.15) is 5.52 Å². The Morgan fingerprint density at radius 1 is 1.30 bits per heavy atom. The van der Waals surface area contributed by atoms with Crippen molar-refractivity contribution in [2.45, 2.75) is 13.5 Å². The van der Waals surface area contributed by atoms with Gasteiger partial charge >= 0.3 is 0 Å². The number of nitrogens with zero attached hydrogens (tertiary/aromatic N) is 1. The van der Waals surface area contributed by atoms with E-state index >= 15 is 0 Å². The van der Waals surface area contributed by atoms with Gasteiger partial charge in [0.15, 0.2) is 0 Å². The molecule has 20 heavy (non-hydrogen) atoms. The minimum Gasteiger partial charge on any atom is -0.378 e. The SMILES string of the molecule is Cc1ccc(CNc2c(Cl)ccc3scnc23)cc1Br. The number of rotatable bonds is 3. The van der Waals surface area contributed by atoms with Gasteiger partial charge in [0.25, 0.3) is 0 Å². The van der Waals surface area contributed by atoms with Gasteiger partial charge in [-0.15, -0.1) is 11.3 Å². The molecule has 2 aromatic carbocycles. The fourth-order valence-electron chi connectivity index (χ4n) is 2.01. The number of fused-ring (bicyclic) bond motifs is 1. The molecule has 0 aliphatic heterocycles. The highest BCUT2D eigenvalue weighted by atomic mass is 79.9. The largest absolute Gasteiger partial charge is 0.378 e. The summed E-state index contributed by atoms with van der Waals surface area (Å²) in [7, 11) is 0. The van der Waals surface area contributed by atoms with Crippen molar-refractivity contribution in [2.75, 3.05) is 5.32 Å². The van der Waals surface area contributed by atoms with E-state index < -0.39 is 0 Å². The zero-order valence-electron chi connectivity index (χ0n) is 10.8. The first-order chi connectivity index (χ1) is 9.65. The molecule has 1 N–H and O–H groups in total. The van der Waals surface area contributed by atoms with Crippen LogP contribution in [0.25, 0.3) is 10.2 Å². The Labute approximate surface area is 134 Å². The summed E-state index contributed by atoms with van der Waals surface area (Å²) < 4.78 is 2.26. The van der Waals surface area contributed by atoms with E-state index in [1.54, 1.807) is 11.3 Å². The molecule has 0 atom stereocenters. The number of aryl methyl sites for hydroxylation is 1. The second kappa shape index (κ2) is 5.72. The molecular weight excluding hydrogens is 356 g/mol. The predicted octanol–water partition coefficient (Wildman–Crippen LogP) is 5.63. The number of halogens is 2. The van der Waals surface area contributed by atoms with Crippen molar-refractivity contribution in [3.05, 3.63) is 56.5 Å². The van der Waals surface area contributed by atoms with E-state index in [9.17, 15) is 0 Å². The summed E-state index contributed by atoms with van der Waals surface area (Å²) in [5.41, 5.74) is 6.12. The molecule has 0 radical (unpaired) electrons. The van der Waals surface area contributed by atoms with Gasteiger partial charge in [-0.1, -0.05) is 39.7 Å². The molecule has 0 unspecified atom stereocenters. The number of thiazole rings is 1. The summed E-state index contributed by atoms with van der Waals surface area (Å²) >= 11 is 11.5. The minimum absolute atomic E-state index is 0.703. The molecular formula is C15H12BrClN2S. The maximum Gasteiger partial charge on any atom is 0.106 e. The Balaban J connectivity index is 1.88. The van der Waals surface area contributed by atoms with Gasteiger partial charge < -0.3 is 5.32 Å². The fourth-order valence-corrected chi connectivity index (χ4v) is 3.34. The van der Waals surface area contributed by atoms with Crippen LogP contribution >= 0.6 is 38.9 Å². The summed E-state index contributed by atoms with van der Waals surface area (Å²) in [6, 6.07) is 10.3. The fraction of sp³-hybridized carbons (Fsp3) is 0.133. The molecule has 0 amide bonds. The maximum atomic E-state index is 6.28. The number of benzene rings is 2. The van der Waals surface area contributed by atoms with Crippen molar-refractivity contribution in [2.24, 2.45) is 0 Å². The monoisotopic (exact) mass is 366 g/mol. The maximum absolute atomic E-state index is 6.28. The second-order valence-corrected chi connectivity index (χ2v) is 6.71. The second-order valence-electron chi connectivity index (χ2n) is 4.56. The number of aromatic nitrogens is 1. The van der Waals surface area contributed by atoms with Crippen LogP contribution in [0.3, 0.4) is 0 Å². The van der Waals surface area contributed by atoms with Crippen molar-refractivity contribution in [3.63, 3.8) is 0 Å². The van der Waals surface area contributed by atoms with Crippen LogP contribution in [-0.4, -0.2) is 4.98 Å². The average molecular weight is 368 g/mol.